The third-order valence-corrected chi connectivity index (χ3v) is 5.43. The molecule has 1 aliphatic carbocycles. The Kier molecular flexibility index (Phi) is 6.49. The Morgan fingerprint density at radius 3 is 2.44 bits per heavy atom. The van der Waals surface area contributed by atoms with Gasteiger partial charge in [-0.3, -0.25) is 9.59 Å². The van der Waals surface area contributed by atoms with Crippen LogP contribution >= 0.6 is 0 Å². The summed E-state index contributed by atoms with van der Waals surface area (Å²) in [5.74, 6) is -1.85. The lowest BCUT2D eigenvalue weighted by Gasteiger charge is -2.15. The molecule has 7 nitrogen and oxygen atoms in total. The number of halogens is 1. The molecule has 1 aromatic carbocycles. The summed E-state index contributed by atoms with van der Waals surface area (Å²) in [5.41, 5.74) is 0. The van der Waals surface area contributed by atoms with Gasteiger partial charge in [0.1, 0.15) is 11.9 Å². The molecule has 25 heavy (non-hydrogen) atoms. The molecule has 0 spiro atoms. The fraction of sp³-hybridized carbons (Fsp3) is 0.500. The van der Waals surface area contributed by atoms with Gasteiger partial charge in [-0.05, 0) is 44.0 Å². The Labute approximate surface area is 146 Å². The molecule has 0 heterocycles. The van der Waals surface area contributed by atoms with Crippen molar-refractivity contribution < 1.29 is 27.1 Å². The number of ether oxygens (including phenoxy) is 1. The number of rotatable bonds is 7. The van der Waals surface area contributed by atoms with Crippen LogP contribution in [0, 0.1) is 5.82 Å². The van der Waals surface area contributed by atoms with Gasteiger partial charge in [-0.25, -0.2) is 12.8 Å². The molecule has 0 saturated heterocycles. The van der Waals surface area contributed by atoms with Gasteiger partial charge in [0, 0.05) is 6.04 Å². The van der Waals surface area contributed by atoms with Crippen LogP contribution in [-0.4, -0.2) is 39.0 Å². The molecule has 0 aromatic heterocycles. The molecule has 0 aliphatic heterocycles. The van der Waals surface area contributed by atoms with Crippen LogP contribution in [0.2, 0.25) is 0 Å². The van der Waals surface area contributed by atoms with Crippen molar-refractivity contribution in [1.29, 1.82) is 0 Å². The fourth-order valence-corrected chi connectivity index (χ4v) is 3.76. The van der Waals surface area contributed by atoms with Crippen LogP contribution in [0.5, 0.6) is 0 Å². The summed E-state index contributed by atoms with van der Waals surface area (Å²) in [6, 6.07) is 3.11. The van der Waals surface area contributed by atoms with Crippen LogP contribution in [0.25, 0.3) is 0 Å². The largest absolute Gasteiger partial charge is 0.454 e. The third kappa shape index (κ3) is 5.79. The predicted molar refractivity (Wildman–Crippen MR) is 87.5 cm³/mol. The average molecular weight is 372 g/mol. The topological polar surface area (TPSA) is 102 Å². The molecular formula is C16H21FN2O5S. The van der Waals surface area contributed by atoms with Crippen LogP contribution in [0.1, 0.15) is 32.6 Å². The SMILES string of the molecule is C[C@H](NS(=O)(=O)c1ccc(F)cc1)C(=O)OCC(=O)NC1CCCC1. The maximum atomic E-state index is 12.9. The second-order valence-corrected chi connectivity index (χ2v) is 7.67. The van der Waals surface area contributed by atoms with E-state index in [1.165, 1.54) is 6.92 Å². The lowest BCUT2D eigenvalue weighted by molar-refractivity contribution is -0.149. The first-order valence-corrected chi connectivity index (χ1v) is 9.50. The standard InChI is InChI=1S/C16H21FN2O5S/c1-11(19-25(22,23)14-8-6-12(17)7-9-14)16(21)24-10-15(20)18-13-4-2-3-5-13/h6-9,11,13,19H,2-5,10H2,1H3,(H,18,20)/t11-/m0/s1. The van der Waals surface area contributed by atoms with Crippen LogP contribution in [0.4, 0.5) is 4.39 Å². The Hall–Kier alpha value is -2.00. The van der Waals surface area contributed by atoms with Crippen molar-refractivity contribution in [3.63, 3.8) is 0 Å². The van der Waals surface area contributed by atoms with Gasteiger partial charge in [-0.2, -0.15) is 4.72 Å². The van der Waals surface area contributed by atoms with E-state index in [0.29, 0.717) is 0 Å². The van der Waals surface area contributed by atoms with E-state index in [2.05, 4.69) is 10.0 Å². The smallest absolute Gasteiger partial charge is 0.324 e. The van der Waals surface area contributed by atoms with Gasteiger partial charge in [-0.15, -0.1) is 0 Å². The number of carbonyl (C=O) groups excluding carboxylic acids is 2. The Balaban J connectivity index is 1.82. The van der Waals surface area contributed by atoms with Gasteiger partial charge in [0.2, 0.25) is 10.0 Å². The number of sulfonamides is 1. The van der Waals surface area contributed by atoms with Crippen LogP contribution in [0.15, 0.2) is 29.2 Å². The number of benzene rings is 1. The van der Waals surface area contributed by atoms with E-state index in [1.807, 2.05) is 0 Å². The number of carbonyl (C=O) groups is 2. The first-order chi connectivity index (χ1) is 11.8. The van der Waals surface area contributed by atoms with Crippen molar-refractivity contribution in [2.24, 2.45) is 0 Å². The Bertz CT molecular complexity index is 715. The minimum atomic E-state index is -4.00. The molecule has 2 rings (SSSR count). The molecule has 1 atom stereocenters. The Morgan fingerprint density at radius 2 is 1.84 bits per heavy atom. The highest BCUT2D eigenvalue weighted by Crippen LogP contribution is 2.17. The summed E-state index contributed by atoms with van der Waals surface area (Å²) in [6.45, 7) is 0.843. The van der Waals surface area contributed by atoms with E-state index in [-0.39, 0.29) is 10.9 Å². The lowest BCUT2D eigenvalue weighted by atomic mass is 10.2. The zero-order valence-corrected chi connectivity index (χ0v) is 14.6. The molecule has 1 amide bonds. The predicted octanol–water partition coefficient (Wildman–Crippen LogP) is 1.09. The highest BCUT2D eigenvalue weighted by atomic mass is 32.2. The molecule has 1 aliphatic rings. The van der Waals surface area contributed by atoms with Crippen molar-refractivity contribution in [3.05, 3.63) is 30.1 Å². The maximum absolute atomic E-state index is 12.9. The minimum Gasteiger partial charge on any atom is -0.454 e. The van der Waals surface area contributed by atoms with Crippen LogP contribution in [-0.2, 0) is 24.3 Å². The van der Waals surface area contributed by atoms with E-state index in [4.69, 9.17) is 4.74 Å². The number of nitrogens with one attached hydrogen (secondary N) is 2. The molecule has 1 aromatic rings. The molecule has 1 saturated carbocycles. The summed E-state index contributed by atoms with van der Waals surface area (Å²) in [6.07, 6.45) is 3.95. The monoisotopic (exact) mass is 372 g/mol. The summed E-state index contributed by atoms with van der Waals surface area (Å²) < 4.78 is 44.0. The molecule has 9 heteroatoms. The van der Waals surface area contributed by atoms with Gasteiger partial charge in [0.15, 0.2) is 6.61 Å². The maximum Gasteiger partial charge on any atom is 0.324 e. The molecule has 0 bridgehead atoms. The van der Waals surface area contributed by atoms with Crippen molar-refractivity contribution in [2.75, 3.05) is 6.61 Å². The van der Waals surface area contributed by atoms with Gasteiger partial charge in [0.25, 0.3) is 5.91 Å². The first kappa shape index (κ1) is 19.3. The van der Waals surface area contributed by atoms with Gasteiger partial charge >= 0.3 is 5.97 Å². The second-order valence-electron chi connectivity index (χ2n) is 5.95. The third-order valence-electron chi connectivity index (χ3n) is 3.88. The molecule has 0 unspecified atom stereocenters. The minimum absolute atomic E-state index is 0.112. The number of hydrogen-bond donors (Lipinski definition) is 2. The van der Waals surface area contributed by atoms with E-state index in [9.17, 15) is 22.4 Å². The summed E-state index contributed by atoms with van der Waals surface area (Å²) in [7, 11) is -4.00. The summed E-state index contributed by atoms with van der Waals surface area (Å²) in [4.78, 5) is 23.4. The molecule has 1 fully saturated rings. The van der Waals surface area contributed by atoms with Gasteiger partial charge in [0.05, 0.1) is 4.90 Å². The molecule has 2 N–H and O–H groups in total. The van der Waals surface area contributed by atoms with Crippen molar-refractivity contribution in [1.82, 2.24) is 10.0 Å². The summed E-state index contributed by atoms with van der Waals surface area (Å²) in [5, 5.41) is 2.76. The number of amides is 1. The zero-order chi connectivity index (χ0) is 18.4. The van der Waals surface area contributed by atoms with E-state index >= 15 is 0 Å². The molecule has 0 radical (unpaired) electrons. The first-order valence-electron chi connectivity index (χ1n) is 8.02. The second kappa shape index (κ2) is 8.39. The lowest BCUT2D eigenvalue weighted by Crippen LogP contribution is -2.41. The number of esters is 1. The zero-order valence-electron chi connectivity index (χ0n) is 13.8. The van der Waals surface area contributed by atoms with Crippen LogP contribution < -0.4 is 10.0 Å². The quantitative estimate of drug-likeness (QED) is 0.698. The van der Waals surface area contributed by atoms with Crippen molar-refractivity contribution in [2.45, 2.75) is 49.6 Å². The molecule has 138 valence electrons. The van der Waals surface area contributed by atoms with E-state index < -0.39 is 40.4 Å². The van der Waals surface area contributed by atoms with Gasteiger partial charge in [-0.1, -0.05) is 12.8 Å². The van der Waals surface area contributed by atoms with Crippen molar-refractivity contribution >= 4 is 21.9 Å². The number of hydrogen-bond acceptors (Lipinski definition) is 5. The van der Waals surface area contributed by atoms with Gasteiger partial charge < -0.3 is 10.1 Å². The highest BCUT2D eigenvalue weighted by molar-refractivity contribution is 7.89. The highest BCUT2D eigenvalue weighted by Gasteiger charge is 2.24. The summed E-state index contributed by atoms with van der Waals surface area (Å²) >= 11 is 0. The molecular weight excluding hydrogens is 351 g/mol. The fourth-order valence-electron chi connectivity index (χ4n) is 2.56. The normalized spacial score (nSPS) is 16.4. The van der Waals surface area contributed by atoms with Crippen molar-refractivity contribution in [3.8, 4) is 0 Å². The Morgan fingerprint density at radius 1 is 1.24 bits per heavy atom. The van der Waals surface area contributed by atoms with E-state index in [0.717, 1.165) is 49.9 Å². The average Bonchev–Trinajstić information content (AvgIpc) is 3.05. The van der Waals surface area contributed by atoms with E-state index in [1.54, 1.807) is 0 Å². The van der Waals surface area contributed by atoms with Crippen LogP contribution in [0.3, 0.4) is 0 Å².